The number of rotatable bonds is 6. The molecule has 0 fully saturated rings. The Kier molecular flexibility index (Phi) is 5.33. The average Bonchev–Trinajstić information content (AvgIpc) is 2.10. The van der Waals surface area contributed by atoms with Crippen molar-refractivity contribution in [1.82, 2.24) is 0 Å². The minimum absolute atomic E-state index is 0.367. The molecule has 0 aromatic heterocycles. The van der Waals surface area contributed by atoms with E-state index in [4.69, 9.17) is 5.11 Å². The maximum atomic E-state index is 11.0. The van der Waals surface area contributed by atoms with Crippen LogP contribution in [0.25, 0.3) is 0 Å². The molecule has 0 rings (SSSR count). The quantitative estimate of drug-likeness (QED) is 0.676. The van der Waals surface area contributed by atoms with Gasteiger partial charge < -0.3 is 5.11 Å². The normalized spacial score (nSPS) is 16.1. The summed E-state index contributed by atoms with van der Waals surface area (Å²) in [7, 11) is 0. The van der Waals surface area contributed by atoms with Gasteiger partial charge in [-0.25, -0.2) is 0 Å². The molecule has 0 saturated heterocycles. The summed E-state index contributed by atoms with van der Waals surface area (Å²) in [5, 5.41) is 9.09. The van der Waals surface area contributed by atoms with E-state index in [-0.39, 0.29) is 0 Å². The first-order chi connectivity index (χ1) is 6.71. The lowest BCUT2D eigenvalue weighted by Crippen LogP contribution is -2.26. The van der Waals surface area contributed by atoms with Crippen LogP contribution < -0.4 is 0 Å². The molecule has 0 aliphatic rings. The molecule has 0 aliphatic carbocycles. The summed E-state index contributed by atoms with van der Waals surface area (Å²) in [5.41, 5.74) is -0.149. The molecule has 2 heteroatoms. The largest absolute Gasteiger partial charge is 0.481 e. The lowest BCUT2D eigenvalue weighted by molar-refractivity contribution is -0.148. The highest BCUT2D eigenvalue weighted by atomic mass is 16.4. The van der Waals surface area contributed by atoms with Gasteiger partial charge >= 0.3 is 5.97 Å². The van der Waals surface area contributed by atoms with Crippen molar-refractivity contribution < 1.29 is 9.90 Å². The standard InChI is InChI=1S/C13H26O2/c1-6-13(5,11(14)15)10-8-7-9-12(2,3)4/h6-10H2,1-5H3,(H,14,15). The second-order valence-electron chi connectivity index (χ2n) is 5.99. The number of hydrogen-bond acceptors (Lipinski definition) is 1. The Morgan fingerprint density at radius 1 is 1.07 bits per heavy atom. The van der Waals surface area contributed by atoms with Crippen LogP contribution in [-0.2, 0) is 4.79 Å². The molecule has 0 aromatic carbocycles. The topological polar surface area (TPSA) is 37.3 Å². The highest BCUT2D eigenvalue weighted by Crippen LogP contribution is 2.30. The highest BCUT2D eigenvalue weighted by molar-refractivity contribution is 5.73. The van der Waals surface area contributed by atoms with Crippen LogP contribution in [-0.4, -0.2) is 11.1 Å². The molecule has 0 radical (unpaired) electrons. The van der Waals surface area contributed by atoms with Gasteiger partial charge in [0.2, 0.25) is 0 Å². The molecule has 15 heavy (non-hydrogen) atoms. The summed E-state index contributed by atoms with van der Waals surface area (Å²) in [4.78, 5) is 11.0. The van der Waals surface area contributed by atoms with Gasteiger partial charge in [-0.1, -0.05) is 40.5 Å². The van der Waals surface area contributed by atoms with Crippen LogP contribution in [0.4, 0.5) is 0 Å². The summed E-state index contributed by atoms with van der Waals surface area (Å²) in [6.07, 6.45) is 4.85. The van der Waals surface area contributed by atoms with Gasteiger partial charge in [0.1, 0.15) is 0 Å². The Bertz CT molecular complexity index is 203. The number of hydrogen-bond donors (Lipinski definition) is 1. The van der Waals surface area contributed by atoms with Crippen molar-refractivity contribution in [3.05, 3.63) is 0 Å². The van der Waals surface area contributed by atoms with E-state index in [1.165, 1.54) is 6.42 Å². The van der Waals surface area contributed by atoms with E-state index in [1.54, 1.807) is 0 Å². The fourth-order valence-electron chi connectivity index (χ4n) is 1.61. The van der Waals surface area contributed by atoms with Crippen molar-refractivity contribution in [2.24, 2.45) is 10.8 Å². The van der Waals surface area contributed by atoms with Crippen LogP contribution in [0.1, 0.15) is 66.7 Å². The first-order valence-corrected chi connectivity index (χ1v) is 5.95. The highest BCUT2D eigenvalue weighted by Gasteiger charge is 2.30. The lowest BCUT2D eigenvalue weighted by Gasteiger charge is -2.24. The maximum absolute atomic E-state index is 11.0. The minimum atomic E-state index is -0.652. The van der Waals surface area contributed by atoms with Gasteiger partial charge in [0.05, 0.1) is 5.41 Å². The van der Waals surface area contributed by atoms with E-state index in [9.17, 15) is 4.79 Å². The maximum Gasteiger partial charge on any atom is 0.309 e. The van der Waals surface area contributed by atoms with Crippen LogP contribution >= 0.6 is 0 Å². The van der Waals surface area contributed by atoms with Gasteiger partial charge in [0.15, 0.2) is 0 Å². The van der Waals surface area contributed by atoms with Crippen molar-refractivity contribution >= 4 is 5.97 Å². The van der Waals surface area contributed by atoms with E-state index < -0.39 is 11.4 Å². The molecule has 0 aromatic rings. The molecule has 0 bridgehead atoms. The van der Waals surface area contributed by atoms with E-state index in [1.807, 2.05) is 13.8 Å². The van der Waals surface area contributed by atoms with Crippen molar-refractivity contribution in [2.45, 2.75) is 66.7 Å². The zero-order valence-electron chi connectivity index (χ0n) is 10.9. The molecule has 90 valence electrons. The lowest BCUT2D eigenvalue weighted by atomic mass is 9.81. The number of unbranched alkanes of at least 4 members (excludes halogenated alkanes) is 1. The van der Waals surface area contributed by atoms with E-state index in [0.717, 1.165) is 25.7 Å². The zero-order chi connectivity index (χ0) is 12.1. The smallest absolute Gasteiger partial charge is 0.309 e. The first-order valence-electron chi connectivity index (χ1n) is 5.95. The molecule has 0 aliphatic heterocycles. The second-order valence-corrected chi connectivity index (χ2v) is 5.99. The third-order valence-corrected chi connectivity index (χ3v) is 3.20. The number of carboxylic acids is 1. The van der Waals surface area contributed by atoms with E-state index in [2.05, 4.69) is 20.8 Å². The third-order valence-electron chi connectivity index (χ3n) is 3.20. The predicted octanol–water partition coefficient (Wildman–Crippen LogP) is 4.09. The molecule has 0 saturated carbocycles. The van der Waals surface area contributed by atoms with Gasteiger partial charge in [-0.15, -0.1) is 0 Å². The zero-order valence-corrected chi connectivity index (χ0v) is 10.9. The van der Waals surface area contributed by atoms with Gasteiger partial charge in [-0.2, -0.15) is 0 Å². The first kappa shape index (κ1) is 14.5. The Balaban J connectivity index is 3.89. The van der Waals surface area contributed by atoms with Crippen LogP contribution in [0.3, 0.4) is 0 Å². The van der Waals surface area contributed by atoms with Crippen molar-refractivity contribution in [2.75, 3.05) is 0 Å². The van der Waals surface area contributed by atoms with Gasteiger partial charge in [0, 0.05) is 0 Å². The van der Waals surface area contributed by atoms with Gasteiger partial charge in [0.25, 0.3) is 0 Å². The molecule has 1 unspecified atom stereocenters. The molecule has 0 spiro atoms. The van der Waals surface area contributed by atoms with Gasteiger partial charge in [-0.05, 0) is 31.6 Å². The number of aliphatic carboxylic acids is 1. The Morgan fingerprint density at radius 2 is 1.53 bits per heavy atom. The molecule has 1 N–H and O–H groups in total. The van der Waals surface area contributed by atoms with Crippen molar-refractivity contribution in [3.63, 3.8) is 0 Å². The molecule has 0 heterocycles. The molecular weight excluding hydrogens is 188 g/mol. The molecule has 2 nitrogen and oxygen atoms in total. The minimum Gasteiger partial charge on any atom is -0.481 e. The Labute approximate surface area is 94.1 Å². The average molecular weight is 214 g/mol. The van der Waals surface area contributed by atoms with Crippen LogP contribution in [0, 0.1) is 10.8 Å². The fraction of sp³-hybridized carbons (Fsp3) is 0.923. The molecule has 0 amide bonds. The van der Waals surface area contributed by atoms with Gasteiger partial charge in [-0.3, -0.25) is 4.79 Å². The van der Waals surface area contributed by atoms with E-state index in [0.29, 0.717) is 5.41 Å². The van der Waals surface area contributed by atoms with E-state index >= 15 is 0 Å². The summed E-state index contributed by atoms with van der Waals surface area (Å²) in [6, 6.07) is 0. The Morgan fingerprint density at radius 3 is 1.87 bits per heavy atom. The summed E-state index contributed by atoms with van der Waals surface area (Å²) >= 11 is 0. The number of carbonyl (C=O) groups is 1. The second kappa shape index (κ2) is 5.53. The van der Waals surface area contributed by atoms with Crippen LogP contribution in [0.2, 0.25) is 0 Å². The summed E-state index contributed by atoms with van der Waals surface area (Å²) in [5.74, 6) is -0.652. The SMILES string of the molecule is CCC(C)(CCCCC(C)(C)C)C(=O)O. The predicted molar refractivity (Wildman–Crippen MR) is 64.0 cm³/mol. The summed E-state index contributed by atoms with van der Waals surface area (Å²) < 4.78 is 0. The summed E-state index contributed by atoms with van der Waals surface area (Å²) in [6.45, 7) is 10.5. The van der Waals surface area contributed by atoms with Crippen LogP contribution in [0.15, 0.2) is 0 Å². The van der Waals surface area contributed by atoms with Crippen molar-refractivity contribution in [3.8, 4) is 0 Å². The Hall–Kier alpha value is -0.530. The monoisotopic (exact) mass is 214 g/mol. The molecule has 1 atom stereocenters. The fourth-order valence-corrected chi connectivity index (χ4v) is 1.61. The number of carboxylic acid groups (broad SMARTS) is 1. The third kappa shape index (κ3) is 5.81. The van der Waals surface area contributed by atoms with Crippen molar-refractivity contribution in [1.29, 1.82) is 0 Å². The molecular formula is C13H26O2. The van der Waals surface area contributed by atoms with Crippen LogP contribution in [0.5, 0.6) is 0 Å².